The van der Waals surface area contributed by atoms with Crippen molar-refractivity contribution in [2.24, 2.45) is 11.8 Å². The molecule has 0 bridgehead atoms. The summed E-state index contributed by atoms with van der Waals surface area (Å²) in [6.07, 6.45) is 10.3. The number of rotatable bonds is 1. The maximum atomic E-state index is 4.34. The third kappa shape index (κ3) is 2.14. The molecule has 0 radical (unpaired) electrons. The summed E-state index contributed by atoms with van der Waals surface area (Å²) in [7, 11) is 0. The van der Waals surface area contributed by atoms with Crippen LogP contribution >= 0.6 is 0 Å². The second kappa shape index (κ2) is 4.61. The molecule has 0 amide bonds. The van der Waals surface area contributed by atoms with Crippen LogP contribution in [0.3, 0.4) is 0 Å². The topological polar surface area (TPSA) is 24.9 Å². The van der Waals surface area contributed by atoms with Gasteiger partial charge in [0, 0.05) is 18.9 Å². The van der Waals surface area contributed by atoms with Gasteiger partial charge in [0.15, 0.2) is 0 Å². The van der Waals surface area contributed by atoms with Gasteiger partial charge in [0.2, 0.25) is 0 Å². The number of hydrogen-bond acceptors (Lipinski definition) is 2. The van der Waals surface area contributed by atoms with E-state index in [4.69, 9.17) is 0 Å². The van der Waals surface area contributed by atoms with E-state index in [9.17, 15) is 0 Å². The van der Waals surface area contributed by atoms with Gasteiger partial charge in [-0.1, -0.05) is 6.08 Å². The van der Waals surface area contributed by atoms with Crippen LogP contribution < -0.4 is 5.32 Å². The van der Waals surface area contributed by atoms with E-state index in [2.05, 4.69) is 29.4 Å². The number of aromatic nitrogens is 1. The summed E-state index contributed by atoms with van der Waals surface area (Å²) in [6.45, 7) is 4.46. The van der Waals surface area contributed by atoms with E-state index in [-0.39, 0.29) is 0 Å². The van der Waals surface area contributed by atoms with Gasteiger partial charge in [-0.15, -0.1) is 0 Å². The standard InChI is InChI=1S/C15H20N2/c1-11-7-13(9-17-8-11)14-4-2-3-12-5-6-16-10-15(12)14/h4,7-9,12,15-16H,2-3,5-6,10H2,1H3. The molecule has 1 aromatic heterocycles. The Hall–Kier alpha value is -1.15. The summed E-state index contributed by atoms with van der Waals surface area (Å²) in [5.74, 6) is 1.60. The molecule has 1 saturated heterocycles. The predicted octanol–water partition coefficient (Wildman–Crippen LogP) is 2.79. The predicted molar refractivity (Wildman–Crippen MR) is 70.7 cm³/mol. The van der Waals surface area contributed by atoms with Crippen LogP contribution in [0.15, 0.2) is 24.5 Å². The van der Waals surface area contributed by atoms with E-state index >= 15 is 0 Å². The Labute approximate surface area is 103 Å². The van der Waals surface area contributed by atoms with E-state index in [0.29, 0.717) is 5.92 Å². The Bertz CT molecular complexity index is 436. The number of pyridine rings is 1. The van der Waals surface area contributed by atoms with Gasteiger partial charge in [-0.05, 0) is 67.3 Å². The highest BCUT2D eigenvalue weighted by Gasteiger charge is 2.30. The summed E-state index contributed by atoms with van der Waals surface area (Å²) in [5, 5.41) is 3.54. The van der Waals surface area contributed by atoms with Crippen LogP contribution in [0.1, 0.15) is 30.4 Å². The first-order valence-electron chi connectivity index (χ1n) is 6.67. The van der Waals surface area contributed by atoms with E-state index in [1.165, 1.54) is 42.5 Å². The quantitative estimate of drug-likeness (QED) is 0.799. The summed E-state index contributed by atoms with van der Waals surface area (Å²) in [4.78, 5) is 4.34. The second-order valence-electron chi connectivity index (χ2n) is 5.35. The lowest BCUT2D eigenvalue weighted by Crippen LogP contribution is -2.38. The van der Waals surface area contributed by atoms with Crippen LogP contribution in [0.2, 0.25) is 0 Å². The molecular weight excluding hydrogens is 208 g/mol. The number of nitrogens with zero attached hydrogens (tertiary/aromatic N) is 1. The average molecular weight is 228 g/mol. The average Bonchev–Trinajstić information content (AvgIpc) is 2.38. The summed E-state index contributed by atoms with van der Waals surface area (Å²) in [6, 6.07) is 2.27. The monoisotopic (exact) mass is 228 g/mol. The van der Waals surface area contributed by atoms with Crippen molar-refractivity contribution in [3.05, 3.63) is 35.7 Å². The minimum absolute atomic E-state index is 0.709. The van der Waals surface area contributed by atoms with Crippen LogP contribution in [0.25, 0.3) is 5.57 Å². The maximum Gasteiger partial charge on any atom is 0.0343 e. The maximum absolute atomic E-state index is 4.34. The first-order valence-corrected chi connectivity index (χ1v) is 6.67. The first kappa shape index (κ1) is 11.0. The number of allylic oxidation sites excluding steroid dienone is 1. The van der Waals surface area contributed by atoms with Gasteiger partial charge in [0.05, 0.1) is 0 Å². The second-order valence-corrected chi connectivity index (χ2v) is 5.35. The van der Waals surface area contributed by atoms with Crippen LogP contribution in [0.5, 0.6) is 0 Å². The van der Waals surface area contributed by atoms with Crippen molar-refractivity contribution >= 4 is 5.57 Å². The van der Waals surface area contributed by atoms with Crippen LogP contribution in [0, 0.1) is 18.8 Å². The van der Waals surface area contributed by atoms with Gasteiger partial charge < -0.3 is 5.32 Å². The molecule has 2 nitrogen and oxygen atoms in total. The van der Waals surface area contributed by atoms with Crippen molar-refractivity contribution in [1.29, 1.82) is 0 Å². The highest BCUT2D eigenvalue weighted by molar-refractivity contribution is 5.68. The number of hydrogen-bond donors (Lipinski definition) is 1. The fraction of sp³-hybridized carbons (Fsp3) is 0.533. The van der Waals surface area contributed by atoms with E-state index < -0.39 is 0 Å². The Balaban J connectivity index is 1.93. The fourth-order valence-corrected chi connectivity index (χ4v) is 3.27. The van der Waals surface area contributed by atoms with Gasteiger partial charge >= 0.3 is 0 Å². The molecule has 2 heterocycles. The molecule has 0 aromatic carbocycles. The molecule has 1 aliphatic heterocycles. The van der Waals surface area contributed by atoms with Crippen molar-refractivity contribution < 1.29 is 0 Å². The fourth-order valence-electron chi connectivity index (χ4n) is 3.27. The number of piperidine rings is 1. The van der Waals surface area contributed by atoms with E-state index in [1.807, 2.05) is 12.4 Å². The first-order chi connectivity index (χ1) is 8.34. The summed E-state index contributed by atoms with van der Waals surface area (Å²) < 4.78 is 0. The summed E-state index contributed by atoms with van der Waals surface area (Å²) in [5.41, 5.74) is 4.13. The van der Waals surface area contributed by atoms with E-state index in [1.54, 1.807) is 0 Å². The molecular formula is C15H20N2. The molecule has 90 valence electrons. The normalized spacial score (nSPS) is 28.4. The highest BCUT2D eigenvalue weighted by Crippen LogP contribution is 2.39. The molecule has 1 aromatic rings. The lowest BCUT2D eigenvalue weighted by Gasteiger charge is -2.37. The Kier molecular flexibility index (Phi) is 2.98. The number of fused-ring (bicyclic) bond motifs is 1. The zero-order valence-electron chi connectivity index (χ0n) is 10.4. The Morgan fingerprint density at radius 1 is 1.29 bits per heavy atom. The minimum Gasteiger partial charge on any atom is -0.316 e. The van der Waals surface area contributed by atoms with Gasteiger partial charge in [0.1, 0.15) is 0 Å². The van der Waals surface area contributed by atoms with Crippen LogP contribution in [-0.2, 0) is 0 Å². The van der Waals surface area contributed by atoms with Crippen LogP contribution in [-0.4, -0.2) is 18.1 Å². The molecule has 1 aliphatic carbocycles. The molecule has 17 heavy (non-hydrogen) atoms. The molecule has 1 fully saturated rings. The zero-order valence-corrected chi connectivity index (χ0v) is 10.4. The number of nitrogens with one attached hydrogen (secondary N) is 1. The molecule has 0 saturated carbocycles. The van der Waals surface area contributed by atoms with Gasteiger partial charge in [-0.2, -0.15) is 0 Å². The van der Waals surface area contributed by atoms with Gasteiger partial charge in [0.25, 0.3) is 0 Å². The summed E-state index contributed by atoms with van der Waals surface area (Å²) >= 11 is 0. The lowest BCUT2D eigenvalue weighted by atomic mass is 9.73. The lowest BCUT2D eigenvalue weighted by molar-refractivity contribution is 0.285. The Morgan fingerprint density at radius 3 is 3.12 bits per heavy atom. The van der Waals surface area contributed by atoms with Gasteiger partial charge in [-0.3, -0.25) is 4.98 Å². The molecule has 1 N–H and O–H groups in total. The smallest absolute Gasteiger partial charge is 0.0343 e. The Morgan fingerprint density at radius 2 is 2.24 bits per heavy atom. The van der Waals surface area contributed by atoms with E-state index in [0.717, 1.165) is 12.5 Å². The molecule has 3 rings (SSSR count). The van der Waals surface area contributed by atoms with Crippen molar-refractivity contribution in [3.8, 4) is 0 Å². The highest BCUT2D eigenvalue weighted by atomic mass is 14.9. The molecule has 2 heteroatoms. The van der Waals surface area contributed by atoms with Crippen molar-refractivity contribution in [1.82, 2.24) is 10.3 Å². The molecule has 2 aliphatic rings. The number of aryl methyl sites for hydroxylation is 1. The van der Waals surface area contributed by atoms with Crippen molar-refractivity contribution in [2.75, 3.05) is 13.1 Å². The molecule has 2 atom stereocenters. The zero-order chi connectivity index (χ0) is 11.7. The van der Waals surface area contributed by atoms with Crippen molar-refractivity contribution in [2.45, 2.75) is 26.2 Å². The minimum atomic E-state index is 0.709. The molecule has 2 unspecified atom stereocenters. The SMILES string of the molecule is Cc1cncc(C2=CCCC3CCNCC23)c1. The third-order valence-electron chi connectivity index (χ3n) is 4.13. The third-order valence-corrected chi connectivity index (χ3v) is 4.13. The van der Waals surface area contributed by atoms with Crippen LogP contribution in [0.4, 0.5) is 0 Å². The largest absolute Gasteiger partial charge is 0.316 e. The van der Waals surface area contributed by atoms with Gasteiger partial charge in [-0.25, -0.2) is 0 Å². The molecule has 0 spiro atoms. The van der Waals surface area contributed by atoms with Crippen molar-refractivity contribution in [3.63, 3.8) is 0 Å².